The van der Waals surface area contributed by atoms with Gasteiger partial charge in [0, 0.05) is 24.4 Å². The van der Waals surface area contributed by atoms with E-state index in [2.05, 4.69) is 4.98 Å². The molecule has 1 heterocycles. The van der Waals surface area contributed by atoms with Crippen molar-refractivity contribution in [1.29, 1.82) is 0 Å². The Balaban J connectivity index is 2.26. The lowest BCUT2D eigenvalue weighted by molar-refractivity contribution is -0.138. The van der Waals surface area contributed by atoms with Crippen molar-refractivity contribution in [3.05, 3.63) is 53.7 Å². The van der Waals surface area contributed by atoms with Crippen LogP contribution in [0.25, 0.3) is 11.3 Å². The zero-order valence-corrected chi connectivity index (χ0v) is 12.7. The molecule has 22 heavy (non-hydrogen) atoms. The molecule has 0 fully saturated rings. The van der Waals surface area contributed by atoms with Crippen molar-refractivity contribution in [2.45, 2.75) is 25.5 Å². The smallest absolute Gasteiger partial charge is 0.320 e. The second kappa shape index (κ2) is 7.15. The van der Waals surface area contributed by atoms with Crippen LogP contribution in [0, 0.1) is 0 Å². The molecule has 0 aliphatic rings. The Morgan fingerprint density at radius 3 is 2.59 bits per heavy atom. The maximum absolute atomic E-state index is 10.8. The third-order valence-corrected chi connectivity index (χ3v) is 3.63. The largest absolute Gasteiger partial charge is 0.480 e. The lowest BCUT2D eigenvalue weighted by Gasteiger charge is -2.14. The number of aliphatic carboxylic acids is 1. The summed E-state index contributed by atoms with van der Waals surface area (Å²) in [6, 6.07) is 10.6. The normalized spacial score (nSPS) is 13.6. The van der Waals surface area contributed by atoms with Gasteiger partial charge in [0.25, 0.3) is 0 Å². The van der Waals surface area contributed by atoms with Crippen LogP contribution in [0.4, 0.5) is 0 Å². The molecule has 5 nitrogen and oxygen atoms in total. The fourth-order valence-electron chi connectivity index (χ4n) is 2.25. The van der Waals surface area contributed by atoms with Gasteiger partial charge in [0.1, 0.15) is 6.04 Å². The van der Waals surface area contributed by atoms with Crippen LogP contribution >= 0.6 is 0 Å². The minimum absolute atomic E-state index is 0.0520. The molecule has 0 aliphatic heterocycles. The summed E-state index contributed by atoms with van der Waals surface area (Å²) in [7, 11) is 1.66. The Bertz CT molecular complexity index is 641. The highest BCUT2D eigenvalue weighted by Crippen LogP contribution is 2.27. The monoisotopic (exact) mass is 300 g/mol. The van der Waals surface area contributed by atoms with E-state index >= 15 is 0 Å². The van der Waals surface area contributed by atoms with Crippen LogP contribution in [0.1, 0.15) is 24.2 Å². The van der Waals surface area contributed by atoms with E-state index in [4.69, 9.17) is 15.6 Å². The number of carboxylic acids is 1. The number of nitrogens with zero attached hydrogens (tertiary/aromatic N) is 1. The summed E-state index contributed by atoms with van der Waals surface area (Å²) >= 11 is 0. The first-order chi connectivity index (χ1) is 10.5. The Labute approximate surface area is 129 Å². The summed E-state index contributed by atoms with van der Waals surface area (Å²) in [6.45, 7) is 1.97. The first-order valence-electron chi connectivity index (χ1n) is 7.08. The first kappa shape index (κ1) is 16.1. The quantitative estimate of drug-likeness (QED) is 0.855. The highest BCUT2D eigenvalue weighted by molar-refractivity contribution is 5.73. The van der Waals surface area contributed by atoms with E-state index in [1.54, 1.807) is 13.3 Å². The third-order valence-electron chi connectivity index (χ3n) is 3.63. The van der Waals surface area contributed by atoms with Gasteiger partial charge in [-0.2, -0.15) is 0 Å². The fourth-order valence-corrected chi connectivity index (χ4v) is 2.25. The molecule has 1 aromatic carbocycles. The number of pyridine rings is 1. The zero-order valence-electron chi connectivity index (χ0n) is 12.7. The topological polar surface area (TPSA) is 85.4 Å². The van der Waals surface area contributed by atoms with Gasteiger partial charge < -0.3 is 15.6 Å². The standard InChI is InChI=1S/C17H20N2O3/c1-11(22-2)14-4-3-9-19-16(14)13-7-5-12(6-8-13)10-15(18)17(20)21/h3-9,11,15H,10,18H2,1-2H3,(H,20,21). The summed E-state index contributed by atoms with van der Waals surface area (Å²) in [5.74, 6) is -0.995. The molecular weight excluding hydrogens is 280 g/mol. The predicted molar refractivity (Wildman–Crippen MR) is 84.4 cm³/mol. The minimum Gasteiger partial charge on any atom is -0.480 e. The summed E-state index contributed by atoms with van der Waals surface area (Å²) < 4.78 is 5.38. The number of ether oxygens (including phenoxy) is 1. The summed E-state index contributed by atoms with van der Waals surface area (Å²) in [5.41, 5.74) is 9.28. The number of hydrogen-bond acceptors (Lipinski definition) is 4. The van der Waals surface area contributed by atoms with Gasteiger partial charge in [-0.1, -0.05) is 30.3 Å². The van der Waals surface area contributed by atoms with Gasteiger partial charge in [-0.05, 0) is 25.0 Å². The minimum atomic E-state index is -0.995. The van der Waals surface area contributed by atoms with E-state index in [0.29, 0.717) is 6.42 Å². The van der Waals surface area contributed by atoms with Crippen LogP contribution in [0.2, 0.25) is 0 Å². The third kappa shape index (κ3) is 3.69. The van der Waals surface area contributed by atoms with E-state index in [0.717, 1.165) is 22.4 Å². The number of rotatable bonds is 6. The summed E-state index contributed by atoms with van der Waals surface area (Å²) in [4.78, 5) is 15.2. The second-order valence-corrected chi connectivity index (χ2v) is 5.16. The Morgan fingerprint density at radius 1 is 1.32 bits per heavy atom. The Hall–Kier alpha value is -2.24. The molecule has 1 aromatic heterocycles. The Morgan fingerprint density at radius 2 is 2.00 bits per heavy atom. The molecule has 5 heteroatoms. The molecule has 0 amide bonds. The highest BCUT2D eigenvalue weighted by Gasteiger charge is 2.14. The van der Waals surface area contributed by atoms with Gasteiger partial charge in [0.05, 0.1) is 11.8 Å². The van der Waals surface area contributed by atoms with Gasteiger partial charge in [-0.15, -0.1) is 0 Å². The molecule has 2 atom stereocenters. The lowest BCUT2D eigenvalue weighted by atomic mass is 9.99. The van der Waals surface area contributed by atoms with E-state index < -0.39 is 12.0 Å². The number of methoxy groups -OCH3 is 1. The van der Waals surface area contributed by atoms with Gasteiger partial charge in [0.2, 0.25) is 0 Å². The molecule has 2 unspecified atom stereocenters. The Kier molecular flexibility index (Phi) is 5.25. The molecule has 3 N–H and O–H groups in total. The highest BCUT2D eigenvalue weighted by atomic mass is 16.5. The number of nitrogens with two attached hydrogens (primary N) is 1. The second-order valence-electron chi connectivity index (χ2n) is 5.16. The molecule has 0 aliphatic carbocycles. The molecule has 0 radical (unpaired) electrons. The number of aromatic nitrogens is 1. The van der Waals surface area contributed by atoms with Gasteiger partial charge in [-0.25, -0.2) is 0 Å². The molecule has 116 valence electrons. The molecule has 0 saturated heterocycles. The summed E-state index contributed by atoms with van der Waals surface area (Å²) in [5, 5.41) is 8.85. The molecule has 2 aromatic rings. The zero-order chi connectivity index (χ0) is 16.1. The van der Waals surface area contributed by atoms with E-state index in [1.165, 1.54) is 0 Å². The number of hydrogen-bond donors (Lipinski definition) is 2. The number of benzene rings is 1. The van der Waals surface area contributed by atoms with Crippen LogP contribution < -0.4 is 5.73 Å². The molecular formula is C17H20N2O3. The van der Waals surface area contributed by atoms with Gasteiger partial charge in [0.15, 0.2) is 0 Å². The van der Waals surface area contributed by atoms with Crippen molar-refractivity contribution in [2.24, 2.45) is 5.73 Å². The van der Waals surface area contributed by atoms with Crippen LogP contribution in [0.5, 0.6) is 0 Å². The van der Waals surface area contributed by atoms with E-state index in [-0.39, 0.29) is 6.10 Å². The SMILES string of the molecule is COC(C)c1cccnc1-c1ccc(CC(N)C(=O)O)cc1. The number of carboxylic acid groups (broad SMARTS) is 1. The van der Waals surface area contributed by atoms with E-state index in [1.807, 2.05) is 43.3 Å². The fraction of sp³-hybridized carbons (Fsp3) is 0.294. The number of carbonyl (C=O) groups is 1. The van der Waals surface area contributed by atoms with Gasteiger partial charge in [-0.3, -0.25) is 9.78 Å². The average Bonchev–Trinajstić information content (AvgIpc) is 2.54. The maximum Gasteiger partial charge on any atom is 0.320 e. The van der Waals surface area contributed by atoms with Crippen LogP contribution in [0.3, 0.4) is 0 Å². The molecule has 2 rings (SSSR count). The molecule has 0 saturated carbocycles. The van der Waals surface area contributed by atoms with Crippen LogP contribution in [0.15, 0.2) is 42.6 Å². The van der Waals surface area contributed by atoms with Crippen molar-refractivity contribution < 1.29 is 14.6 Å². The van der Waals surface area contributed by atoms with Crippen LogP contribution in [-0.4, -0.2) is 29.2 Å². The first-order valence-corrected chi connectivity index (χ1v) is 7.08. The lowest BCUT2D eigenvalue weighted by Crippen LogP contribution is -2.32. The average molecular weight is 300 g/mol. The van der Waals surface area contributed by atoms with Crippen molar-refractivity contribution in [3.8, 4) is 11.3 Å². The van der Waals surface area contributed by atoms with Crippen molar-refractivity contribution >= 4 is 5.97 Å². The van der Waals surface area contributed by atoms with Crippen molar-refractivity contribution in [3.63, 3.8) is 0 Å². The maximum atomic E-state index is 10.8. The van der Waals surface area contributed by atoms with Crippen molar-refractivity contribution in [2.75, 3.05) is 7.11 Å². The van der Waals surface area contributed by atoms with Crippen LogP contribution in [-0.2, 0) is 16.0 Å². The molecule has 0 bridgehead atoms. The van der Waals surface area contributed by atoms with Gasteiger partial charge >= 0.3 is 5.97 Å². The van der Waals surface area contributed by atoms with Crippen molar-refractivity contribution in [1.82, 2.24) is 4.98 Å². The predicted octanol–water partition coefficient (Wildman–Crippen LogP) is 2.41. The van der Waals surface area contributed by atoms with E-state index in [9.17, 15) is 4.79 Å². The summed E-state index contributed by atoms with van der Waals surface area (Å²) in [6.07, 6.45) is 2.00. The molecule has 0 spiro atoms.